The van der Waals surface area contributed by atoms with Crippen molar-refractivity contribution in [3.63, 3.8) is 0 Å². The first-order valence-electron chi connectivity index (χ1n) is 30.2. The van der Waals surface area contributed by atoms with Crippen LogP contribution in [0.3, 0.4) is 0 Å². The molecule has 0 fully saturated rings. The number of ether oxygens (including phenoxy) is 3. The van der Waals surface area contributed by atoms with Crippen molar-refractivity contribution in [2.75, 3.05) is 26.4 Å². The highest BCUT2D eigenvalue weighted by Gasteiger charge is 2.28. The Balaban J connectivity index is 4.68. The van der Waals surface area contributed by atoms with E-state index in [9.17, 15) is 28.9 Å². The van der Waals surface area contributed by atoms with Crippen molar-refractivity contribution < 1.29 is 52.2 Å². The van der Waals surface area contributed by atoms with Gasteiger partial charge in [0.2, 0.25) is 0 Å². The second-order valence-corrected chi connectivity index (χ2v) is 22.0. The monoisotopic (exact) mass is 1040 g/mol. The zero-order valence-corrected chi connectivity index (χ0v) is 47.8. The van der Waals surface area contributed by atoms with Gasteiger partial charge in [0.15, 0.2) is 6.10 Å². The average molecular weight is 1040 g/mol. The van der Waals surface area contributed by atoms with E-state index in [1.54, 1.807) is 0 Å². The van der Waals surface area contributed by atoms with Crippen LogP contribution in [0.4, 0.5) is 0 Å². The molecule has 0 aliphatic carbocycles. The zero-order valence-electron chi connectivity index (χ0n) is 46.9. The predicted molar refractivity (Wildman–Crippen MR) is 298 cm³/mol. The van der Waals surface area contributed by atoms with Gasteiger partial charge in [0.25, 0.3) is 0 Å². The van der Waals surface area contributed by atoms with Gasteiger partial charge in [0.1, 0.15) is 12.7 Å². The van der Waals surface area contributed by atoms with Crippen LogP contribution in [0.5, 0.6) is 0 Å². The van der Waals surface area contributed by atoms with Gasteiger partial charge in [-0.05, 0) is 51.4 Å². The molecule has 12 heteroatoms. The third-order valence-electron chi connectivity index (χ3n) is 13.4. The second kappa shape index (κ2) is 55.2. The van der Waals surface area contributed by atoms with E-state index in [1.165, 1.54) is 161 Å². The molecule has 0 aromatic carbocycles. The lowest BCUT2D eigenvalue weighted by Crippen LogP contribution is -2.30. The molecule has 2 N–H and O–H groups in total. The number of carbonyl (C=O) groups excluding carboxylic acids is 3. The summed E-state index contributed by atoms with van der Waals surface area (Å²) in [5.74, 6) is -1.45. The van der Waals surface area contributed by atoms with E-state index in [1.807, 2.05) is 0 Å². The van der Waals surface area contributed by atoms with Gasteiger partial charge in [-0.1, -0.05) is 257 Å². The molecule has 72 heavy (non-hydrogen) atoms. The molecule has 3 unspecified atom stereocenters. The molecule has 0 aromatic rings. The molecule has 0 aliphatic rings. The van der Waals surface area contributed by atoms with Gasteiger partial charge in [-0.2, -0.15) is 0 Å². The van der Waals surface area contributed by atoms with E-state index in [2.05, 4.69) is 45.1 Å². The van der Waals surface area contributed by atoms with Crippen LogP contribution in [0.2, 0.25) is 0 Å². The maximum Gasteiger partial charge on any atom is 0.472 e. The number of phosphoric acid groups is 1. The number of unbranched alkanes of at least 4 members (excludes halogenated alkanes) is 36. The quantitative estimate of drug-likeness (QED) is 0.0197. The van der Waals surface area contributed by atoms with E-state index >= 15 is 0 Å². The van der Waals surface area contributed by atoms with E-state index in [4.69, 9.17) is 23.3 Å². The molecular formula is C60H113O11P. The van der Waals surface area contributed by atoms with Gasteiger partial charge in [-0.15, -0.1) is 0 Å². The first-order valence-corrected chi connectivity index (χ1v) is 31.7. The molecule has 424 valence electrons. The summed E-state index contributed by atoms with van der Waals surface area (Å²) in [6.45, 7) is 4.67. The number of hydrogen-bond acceptors (Lipinski definition) is 10. The van der Waals surface area contributed by atoms with E-state index < -0.39 is 57.8 Å². The SMILES string of the molecule is CCCCC/C=C\C/C=C\CCCCCCCC(=O)OC(COC(=O)CCCCCCCCCCCCCCCCC)COP(=O)(O)OCC(CO)OC(=O)CCCCCCCCCCCCCCCCC. The summed E-state index contributed by atoms with van der Waals surface area (Å²) in [5.41, 5.74) is 0. The fourth-order valence-electron chi connectivity index (χ4n) is 8.74. The van der Waals surface area contributed by atoms with Gasteiger partial charge in [0, 0.05) is 19.3 Å². The molecular weight excluding hydrogens is 928 g/mol. The Morgan fingerprint density at radius 2 is 0.681 bits per heavy atom. The molecule has 0 saturated heterocycles. The van der Waals surface area contributed by atoms with Crippen LogP contribution in [0, 0.1) is 0 Å². The third kappa shape index (κ3) is 52.8. The number of rotatable bonds is 57. The molecule has 0 bridgehead atoms. The van der Waals surface area contributed by atoms with Crippen molar-refractivity contribution in [2.45, 2.75) is 315 Å². The molecule has 0 heterocycles. The normalized spacial score (nSPS) is 13.5. The number of phosphoric ester groups is 1. The summed E-state index contributed by atoms with van der Waals surface area (Å²) >= 11 is 0. The molecule has 0 amide bonds. The molecule has 0 rings (SSSR count). The lowest BCUT2D eigenvalue weighted by atomic mass is 10.0. The minimum absolute atomic E-state index is 0.157. The topological polar surface area (TPSA) is 155 Å². The Morgan fingerprint density at radius 1 is 0.389 bits per heavy atom. The van der Waals surface area contributed by atoms with Crippen LogP contribution < -0.4 is 0 Å². The average Bonchev–Trinajstić information content (AvgIpc) is 3.37. The van der Waals surface area contributed by atoms with Crippen LogP contribution in [0.15, 0.2) is 24.3 Å². The number of aliphatic hydroxyl groups excluding tert-OH is 1. The van der Waals surface area contributed by atoms with Crippen molar-refractivity contribution in [3.8, 4) is 0 Å². The Hall–Kier alpha value is -2.04. The fourth-order valence-corrected chi connectivity index (χ4v) is 9.53. The number of carbonyl (C=O) groups is 3. The summed E-state index contributed by atoms with van der Waals surface area (Å²) in [7, 11) is -4.74. The van der Waals surface area contributed by atoms with Gasteiger partial charge < -0.3 is 24.2 Å². The fraction of sp³-hybridized carbons (Fsp3) is 0.883. The van der Waals surface area contributed by atoms with E-state index in [-0.39, 0.29) is 25.9 Å². The van der Waals surface area contributed by atoms with Gasteiger partial charge in [0.05, 0.1) is 19.8 Å². The number of allylic oxidation sites excluding steroid dienone is 4. The Bertz CT molecular complexity index is 1310. The minimum Gasteiger partial charge on any atom is -0.462 e. The molecule has 11 nitrogen and oxygen atoms in total. The van der Waals surface area contributed by atoms with E-state index in [0.29, 0.717) is 19.3 Å². The smallest absolute Gasteiger partial charge is 0.462 e. The molecule has 3 atom stereocenters. The van der Waals surface area contributed by atoms with Gasteiger partial charge >= 0.3 is 25.7 Å². The third-order valence-corrected chi connectivity index (χ3v) is 14.3. The summed E-state index contributed by atoms with van der Waals surface area (Å²) in [6.07, 6.45) is 55.5. The minimum atomic E-state index is -4.74. The van der Waals surface area contributed by atoms with Gasteiger partial charge in [-0.25, -0.2) is 4.57 Å². The van der Waals surface area contributed by atoms with Crippen LogP contribution in [-0.2, 0) is 42.2 Å². The maximum atomic E-state index is 12.9. The highest BCUT2D eigenvalue weighted by molar-refractivity contribution is 7.47. The van der Waals surface area contributed by atoms with Crippen LogP contribution >= 0.6 is 7.82 Å². The number of hydrogen-bond donors (Lipinski definition) is 2. The summed E-state index contributed by atoms with van der Waals surface area (Å²) < 4.78 is 39.6. The second-order valence-electron chi connectivity index (χ2n) is 20.5. The maximum absolute atomic E-state index is 12.9. The molecule has 0 aromatic heterocycles. The lowest BCUT2D eigenvalue weighted by molar-refractivity contribution is -0.161. The largest absolute Gasteiger partial charge is 0.472 e. The lowest BCUT2D eigenvalue weighted by Gasteiger charge is -2.21. The van der Waals surface area contributed by atoms with Crippen molar-refractivity contribution in [1.82, 2.24) is 0 Å². The first-order chi connectivity index (χ1) is 35.2. The highest BCUT2D eigenvalue weighted by Crippen LogP contribution is 2.43. The standard InChI is InChI=1S/C60H113O11P/c1-4-7-10-13-16-19-22-25-28-31-34-37-40-43-46-49-58(62)67-53-57(71-60(64)51-48-45-42-39-36-33-30-27-24-21-18-15-12-9-6-3)55-69-72(65,66)68-54-56(52-61)70-59(63)50-47-44-41-38-35-32-29-26-23-20-17-14-11-8-5-2/h18,21,27,30,56-57,61H,4-17,19-20,22-26,28-29,31-55H2,1-3H3,(H,65,66)/b21-18-,30-27-. The Morgan fingerprint density at radius 3 is 1.06 bits per heavy atom. The Labute approximate surface area is 442 Å². The first kappa shape index (κ1) is 70.0. The van der Waals surface area contributed by atoms with Crippen molar-refractivity contribution in [1.29, 1.82) is 0 Å². The summed E-state index contributed by atoms with van der Waals surface area (Å²) in [4.78, 5) is 48.6. The molecule has 0 saturated carbocycles. The zero-order chi connectivity index (χ0) is 52.7. The predicted octanol–water partition coefficient (Wildman–Crippen LogP) is 17.8. The summed E-state index contributed by atoms with van der Waals surface area (Å²) in [5, 5.41) is 9.82. The Kier molecular flexibility index (Phi) is 53.6. The van der Waals surface area contributed by atoms with Crippen molar-refractivity contribution >= 4 is 25.7 Å². The molecule has 0 aliphatic heterocycles. The molecule has 0 spiro atoms. The molecule has 0 radical (unpaired) electrons. The summed E-state index contributed by atoms with van der Waals surface area (Å²) in [6, 6.07) is 0. The van der Waals surface area contributed by atoms with E-state index in [0.717, 1.165) is 83.5 Å². The van der Waals surface area contributed by atoms with Crippen LogP contribution in [0.25, 0.3) is 0 Å². The van der Waals surface area contributed by atoms with Gasteiger partial charge in [-0.3, -0.25) is 23.4 Å². The number of aliphatic hydroxyl groups is 1. The van der Waals surface area contributed by atoms with Crippen molar-refractivity contribution in [2.24, 2.45) is 0 Å². The van der Waals surface area contributed by atoms with Crippen molar-refractivity contribution in [3.05, 3.63) is 24.3 Å². The van der Waals surface area contributed by atoms with Crippen LogP contribution in [0.1, 0.15) is 303 Å². The van der Waals surface area contributed by atoms with Crippen LogP contribution in [-0.4, -0.2) is 66.5 Å². The highest BCUT2D eigenvalue weighted by atomic mass is 31.2. The number of esters is 3.